The quantitative estimate of drug-likeness (QED) is 0.831. The smallest absolute Gasteiger partial charge is 0.335 e. The molecule has 1 aromatic carbocycles. The van der Waals surface area contributed by atoms with E-state index in [1.165, 1.54) is 7.11 Å². The zero-order valence-corrected chi connectivity index (χ0v) is 10.8. The Balaban J connectivity index is 1.92. The van der Waals surface area contributed by atoms with Gasteiger partial charge in [0, 0.05) is 13.1 Å². The van der Waals surface area contributed by atoms with Crippen LogP contribution in [-0.4, -0.2) is 42.1 Å². The number of carboxylic acids is 1. The van der Waals surface area contributed by atoms with Crippen LogP contribution in [0.1, 0.15) is 22.3 Å². The molecule has 0 aliphatic carbocycles. The molecule has 1 aliphatic rings. The normalized spacial score (nSPS) is 19.3. The fourth-order valence-electron chi connectivity index (χ4n) is 2.35. The van der Waals surface area contributed by atoms with E-state index in [0.29, 0.717) is 6.54 Å². The summed E-state index contributed by atoms with van der Waals surface area (Å²) >= 11 is 0. The monoisotopic (exact) mass is 263 g/mol. The van der Waals surface area contributed by atoms with Crippen LogP contribution in [-0.2, 0) is 16.1 Å². The number of likely N-dealkylation sites (tertiary alicyclic amines) is 1. The van der Waals surface area contributed by atoms with E-state index in [4.69, 9.17) is 9.84 Å². The Labute approximate surface area is 111 Å². The molecule has 1 aliphatic heterocycles. The number of aromatic carboxylic acids is 1. The molecule has 0 amide bonds. The van der Waals surface area contributed by atoms with Crippen molar-refractivity contribution in [2.75, 3.05) is 20.2 Å². The Morgan fingerprint density at radius 3 is 2.63 bits per heavy atom. The molecule has 5 heteroatoms. The van der Waals surface area contributed by atoms with E-state index in [2.05, 4.69) is 4.90 Å². The summed E-state index contributed by atoms with van der Waals surface area (Å²) in [4.78, 5) is 24.3. The number of esters is 1. The van der Waals surface area contributed by atoms with Crippen molar-refractivity contribution in [1.29, 1.82) is 0 Å². The maximum absolute atomic E-state index is 11.4. The molecule has 0 aromatic heterocycles. The van der Waals surface area contributed by atoms with Crippen molar-refractivity contribution in [3.8, 4) is 0 Å². The summed E-state index contributed by atoms with van der Waals surface area (Å²) in [5.74, 6) is -1.11. The number of hydrogen-bond donors (Lipinski definition) is 1. The molecule has 0 bridgehead atoms. The van der Waals surface area contributed by atoms with Gasteiger partial charge in [0.2, 0.25) is 0 Å². The summed E-state index contributed by atoms with van der Waals surface area (Å²) in [6, 6.07) is 6.83. The van der Waals surface area contributed by atoms with Gasteiger partial charge >= 0.3 is 11.9 Å². The summed E-state index contributed by atoms with van der Waals surface area (Å²) in [7, 11) is 1.41. The predicted molar refractivity (Wildman–Crippen MR) is 68.8 cm³/mol. The van der Waals surface area contributed by atoms with Crippen molar-refractivity contribution in [1.82, 2.24) is 4.90 Å². The number of benzene rings is 1. The second-order valence-corrected chi connectivity index (χ2v) is 4.75. The zero-order valence-electron chi connectivity index (χ0n) is 10.8. The highest BCUT2D eigenvalue weighted by Gasteiger charge is 2.28. The molecule has 1 unspecified atom stereocenters. The Morgan fingerprint density at radius 1 is 1.37 bits per heavy atom. The molecule has 2 rings (SSSR count). The van der Waals surface area contributed by atoms with Crippen molar-refractivity contribution in [3.63, 3.8) is 0 Å². The average molecular weight is 263 g/mol. The van der Waals surface area contributed by atoms with Gasteiger partial charge in [0.15, 0.2) is 0 Å². The molecular formula is C14H17NO4. The molecule has 1 saturated heterocycles. The number of carboxylic acid groups (broad SMARTS) is 1. The first kappa shape index (κ1) is 13.5. The predicted octanol–water partition coefficient (Wildman–Crippen LogP) is 1.38. The first-order valence-electron chi connectivity index (χ1n) is 6.22. The molecule has 0 saturated carbocycles. The largest absolute Gasteiger partial charge is 0.478 e. The van der Waals surface area contributed by atoms with Crippen LogP contribution in [0.5, 0.6) is 0 Å². The highest BCUT2D eigenvalue weighted by molar-refractivity contribution is 5.87. The number of ether oxygens (including phenoxy) is 1. The SMILES string of the molecule is COC(=O)C1CCN(Cc2ccc(C(=O)O)cc2)C1. The van der Waals surface area contributed by atoms with Crippen LogP contribution >= 0.6 is 0 Å². The number of carbonyl (C=O) groups is 2. The number of methoxy groups -OCH3 is 1. The van der Waals surface area contributed by atoms with E-state index in [-0.39, 0.29) is 17.5 Å². The maximum atomic E-state index is 11.4. The number of hydrogen-bond acceptors (Lipinski definition) is 4. The molecule has 1 fully saturated rings. The molecule has 1 aromatic rings. The Hall–Kier alpha value is -1.88. The minimum absolute atomic E-state index is 0.0386. The topological polar surface area (TPSA) is 66.8 Å². The maximum Gasteiger partial charge on any atom is 0.335 e. The van der Waals surface area contributed by atoms with Gasteiger partial charge in [-0.1, -0.05) is 12.1 Å². The summed E-state index contributed by atoms with van der Waals surface area (Å²) < 4.78 is 4.74. The first-order chi connectivity index (χ1) is 9.10. The van der Waals surface area contributed by atoms with Crippen LogP contribution in [0.2, 0.25) is 0 Å². The van der Waals surface area contributed by atoms with Crippen LogP contribution in [0.15, 0.2) is 24.3 Å². The second-order valence-electron chi connectivity index (χ2n) is 4.75. The lowest BCUT2D eigenvalue weighted by atomic mass is 10.1. The van der Waals surface area contributed by atoms with Crippen LogP contribution < -0.4 is 0 Å². The lowest BCUT2D eigenvalue weighted by molar-refractivity contribution is -0.144. The highest BCUT2D eigenvalue weighted by atomic mass is 16.5. The average Bonchev–Trinajstić information content (AvgIpc) is 2.87. The van der Waals surface area contributed by atoms with E-state index in [1.807, 2.05) is 12.1 Å². The first-order valence-corrected chi connectivity index (χ1v) is 6.22. The van der Waals surface area contributed by atoms with E-state index in [1.54, 1.807) is 12.1 Å². The second kappa shape index (κ2) is 5.84. The van der Waals surface area contributed by atoms with E-state index >= 15 is 0 Å². The summed E-state index contributed by atoms with van der Waals surface area (Å²) in [6.45, 7) is 2.29. The molecule has 0 radical (unpaired) electrons. The van der Waals surface area contributed by atoms with Gasteiger partial charge in [-0.2, -0.15) is 0 Å². The minimum Gasteiger partial charge on any atom is -0.478 e. The van der Waals surface area contributed by atoms with Gasteiger partial charge in [-0.15, -0.1) is 0 Å². The van der Waals surface area contributed by atoms with Crippen LogP contribution in [0.4, 0.5) is 0 Å². The van der Waals surface area contributed by atoms with Crippen LogP contribution in [0, 0.1) is 5.92 Å². The van der Waals surface area contributed by atoms with E-state index in [9.17, 15) is 9.59 Å². The fraction of sp³-hybridized carbons (Fsp3) is 0.429. The van der Waals surface area contributed by atoms with Gasteiger partial charge in [-0.25, -0.2) is 4.79 Å². The summed E-state index contributed by atoms with van der Waals surface area (Å²) in [5.41, 5.74) is 1.34. The standard InChI is InChI=1S/C14H17NO4/c1-19-14(18)12-6-7-15(9-12)8-10-2-4-11(5-3-10)13(16)17/h2-5,12H,6-9H2,1H3,(H,16,17). The van der Waals surface area contributed by atoms with Crippen molar-refractivity contribution in [2.45, 2.75) is 13.0 Å². The lowest BCUT2D eigenvalue weighted by Gasteiger charge is -2.15. The third-order valence-electron chi connectivity index (χ3n) is 3.41. The molecule has 102 valence electrons. The summed E-state index contributed by atoms with van der Waals surface area (Å²) in [5, 5.41) is 8.82. The van der Waals surface area contributed by atoms with Crippen molar-refractivity contribution < 1.29 is 19.4 Å². The van der Waals surface area contributed by atoms with Crippen LogP contribution in [0.25, 0.3) is 0 Å². The minimum atomic E-state index is -0.918. The van der Waals surface area contributed by atoms with Crippen molar-refractivity contribution in [2.24, 2.45) is 5.92 Å². The highest BCUT2D eigenvalue weighted by Crippen LogP contribution is 2.19. The third-order valence-corrected chi connectivity index (χ3v) is 3.41. The molecule has 1 N–H and O–H groups in total. The van der Waals surface area contributed by atoms with Gasteiger partial charge in [-0.3, -0.25) is 9.69 Å². The molecule has 5 nitrogen and oxygen atoms in total. The van der Waals surface area contributed by atoms with Gasteiger partial charge in [0.05, 0.1) is 18.6 Å². The Morgan fingerprint density at radius 2 is 2.05 bits per heavy atom. The van der Waals surface area contributed by atoms with Gasteiger partial charge in [-0.05, 0) is 30.7 Å². The molecular weight excluding hydrogens is 246 g/mol. The number of nitrogens with zero attached hydrogens (tertiary/aromatic N) is 1. The van der Waals surface area contributed by atoms with Crippen molar-refractivity contribution >= 4 is 11.9 Å². The van der Waals surface area contributed by atoms with Gasteiger partial charge in [0.1, 0.15) is 0 Å². The molecule has 0 spiro atoms. The Kier molecular flexibility index (Phi) is 4.16. The van der Waals surface area contributed by atoms with E-state index in [0.717, 1.165) is 25.1 Å². The van der Waals surface area contributed by atoms with Gasteiger partial charge < -0.3 is 9.84 Å². The number of carbonyl (C=O) groups excluding carboxylic acids is 1. The van der Waals surface area contributed by atoms with Crippen LogP contribution in [0.3, 0.4) is 0 Å². The lowest BCUT2D eigenvalue weighted by Crippen LogP contribution is -2.23. The number of rotatable bonds is 4. The Bertz CT molecular complexity index is 469. The van der Waals surface area contributed by atoms with E-state index < -0.39 is 5.97 Å². The molecule has 19 heavy (non-hydrogen) atoms. The fourth-order valence-corrected chi connectivity index (χ4v) is 2.35. The third kappa shape index (κ3) is 3.32. The van der Waals surface area contributed by atoms with Gasteiger partial charge in [0.25, 0.3) is 0 Å². The zero-order chi connectivity index (χ0) is 13.8. The van der Waals surface area contributed by atoms with Crippen molar-refractivity contribution in [3.05, 3.63) is 35.4 Å². The summed E-state index contributed by atoms with van der Waals surface area (Å²) in [6.07, 6.45) is 0.819. The molecule has 1 heterocycles. The molecule has 1 atom stereocenters.